The Labute approximate surface area is 123 Å². The summed E-state index contributed by atoms with van der Waals surface area (Å²) in [6, 6.07) is 9.46. The third kappa shape index (κ3) is 4.05. The van der Waals surface area contributed by atoms with Crippen LogP contribution >= 0.6 is 0 Å². The highest BCUT2D eigenvalue weighted by molar-refractivity contribution is 5.23. The van der Waals surface area contributed by atoms with E-state index in [4.69, 9.17) is 5.73 Å². The van der Waals surface area contributed by atoms with Crippen LogP contribution < -0.4 is 5.73 Å². The molecule has 1 aromatic carbocycles. The summed E-state index contributed by atoms with van der Waals surface area (Å²) in [5, 5.41) is 0. The molecule has 0 amide bonds. The summed E-state index contributed by atoms with van der Waals surface area (Å²) >= 11 is 0. The van der Waals surface area contributed by atoms with Crippen molar-refractivity contribution in [3.05, 3.63) is 35.4 Å². The monoisotopic (exact) mass is 275 g/mol. The van der Waals surface area contributed by atoms with Gasteiger partial charge in [0.2, 0.25) is 0 Å². The minimum Gasteiger partial charge on any atom is -0.324 e. The average molecular weight is 275 g/mol. The van der Waals surface area contributed by atoms with E-state index in [-0.39, 0.29) is 6.04 Å². The molecule has 0 saturated carbocycles. The maximum Gasteiger partial charge on any atom is 0.0307 e. The largest absolute Gasteiger partial charge is 0.324 e. The van der Waals surface area contributed by atoms with Crippen molar-refractivity contribution in [3.8, 4) is 0 Å². The molecule has 3 heteroatoms. The summed E-state index contributed by atoms with van der Waals surface area (Å²) in [6.07, 6.45) is 1.04. The Kier molecular flexibility index (Phi) is 5.58. The first-order valence-corrected chi connectivity index (χ1v) is 7.88. The van der Waals surface area contributed by atoms with Gasteiger partial charge in [0.1, 0.15) is 0 Å². The van der Waals surface area contributed by atoms with Crippen LogP contribution in [0.15, 0.2) is 24.3 Å². The number of aryl methyl sites for hydroxylation is 1. The molecule has 1 saturated heterocycles. The Balaban J connectivity index is 1.79. The van der Waals surface area contributed by atoms with Crippen LogP contribution in [0.2, 0.25) is 0 Å². The van der Waals surface area contributed by atoms with Crippen LogP contribution in [0.1, 0.15) is 37.4 Å². The lowest BCUT2D eigenvalue weighted by Crippen LogP contribution is -2.51. The Hall–Kier alpha value is -0.900. The van der Waals surface area contributed by atoms with Crippen molar-refractivity contribution >= 4 is 0 Å². The van der Waals surface area contributed by atoms with E-state index in [0.29, 0.717) is 6.04 Å². The highest BCUT2D eigenvalue weighted by atomic mass is 15.3. The first kappa shape index (κ1) is 15.5. The number of benzene rings is 1. The normalized spacial score (nSPS) is 22.9. The second-order valence-corrected chi connectivity index (χ2v) is 6.08. The molecule has 0 radical (unpaired) electrons. The lowest BCUT2D eigenvalue weighted by atomic mass is 10.0. The summed E-state index contributed by atoms with van der Waals surface area (Å²) in [4.78, 5) is 5.11. The van der Waals surface area contributed by atoms with E-state index in [1.807, 2.05) is 0 Å². The van der Waals surface area contributed by atoms with Gasteiger partial charge in [-0.3, -0.25) is 4.90 Å². The van der Waals surface area contributed by atoms with E-state index in [2.05, 4.69) is 54.8 Å². The molecule has 0 aromatic heterocycles. The predicted molar refractivity (Wildman–Crippen MR) is 85.9 cm³/mol. The quantitative estimate of drug-likeness (QED) is 0.895. The maximum absolute atomic E-state index is 6.31. The van der Waals surface area contributed by atoms with Crippen LogP contribution in [0.4, 0.5) is 0 Å². The molecule has 1 aliphatic heterocycles. The standard InChI is InChI=1S/C17H29N3/c1-4-20-12-11-19(13-15(20)3)10-9-17(18)16-7-5-14(2)6-8-16/h5-8,15,17H,4,9-13,18H2,1-3H3. The smallest absolute Gasteiger partial charge is 0.0307 e. The molecule has 1 aliphatic rings. The number of rotatable bonds is 5. The first-order valence-electron chi connectivity index (χ1n) is 7.88. The van der Waals surface area contributed by atoms with E-state index < -0.39 is 0 Å². The fraction of sp³-hybridized carbons (Fsp3) is 0.647. The number of piperazine rings is 1. The van der Waals surface area contributed by atoms with Gasteiger partial charge in [0.05, 0.1) is 0 Å². The Morgan fingerprint density at radius 2 is 1.95 bits per heavy atom. The third-order valence-electron chi connectivity index (χ3n) is 4.52. The van der Waals surface area contributed by atoms with Gasteiger partial charge in [-0.05, 0) is 32.4 Å². The fourth-order valence-electron chi connectivity index (χ4n) is 3.05. The summed E-state index contributed by atoms with van der Waals surface area (Å²) in [7, 11) is 0. The highest BCUT2D eigenvalue weighted by Crippen LogP contribution is 2.16. The van der Waals surface area contributed by atoms with Crippen LogP contribution in [0, 0.1) is 6.92 Å². The van der Waals surface area contributed by atoms with Gasteiger partial charge in [0, 0.05) is 38.3 Å². The molecule has 0 bridgehead atoms. The van der Waals surface area contributed by atoms with Crippen molar-refractivity contribution in [3.63, 3.8) is 0 Å². The topological polar surface area (TPSA) is 32.5 Å². The summed E-state index contributed by atoms with van der Waals surface area (Å²) in [5.74, 6) is 0. The van der Waals surface area contributed by atoms with Crippen LogP contribution in [0.5, 0.6) is 0 Å². The number of hydrogen-bond donors (Lipinski definition) is 1. The van der Waals surface area contributed by atoms with Crippen molar-refractivity contribution in [2.45, 2.75) is 39.3 Å². The molecular formula is C17H29N3. The predicted octanol–water partition coefficient (Wildman–Crippen LogP) is 2.41. The Bertz CT molecular complexity index is 401. The van der Waals surface area contributed by atoms with Crippen molar-refractivity contribution in [1.82, 2.24) is 9.80 Å². The van der Waals surface area contributed by atoms with Crippen LogP contribution in [-0.2, 0) is 0 Å². The molecule has 0 spiro atoms. The van der Waals surface area contributed by atoms with Crippen LogP contribution in [0.3, 0.4) is 0 Å². The van der Waals surface area contributed by atoms with Gasteiger partial charge in [-0.25, -0.2) is 0 Å². The minimum atomic E-state index is 0.162. The highest BCUT2D eigenvalue weighted by Gasteiger charge is 2.22. The zero-order chi connectivity index (χ0) is 14.5. The number of hydrogen-bond acceptors (Lipinski definition) is 3. The lowest BCUT2D eigenvalue weighted by Gasteiger charge is -2.39. The lowest BCUT2D eigenvalue weighted by molar-refractivity contribution is 0.0861. The third-order valence-corrected chi connectivity index (χ3v) is 4.52. The van der Waals surface area contributed by atoms with E-state index in [1.54, 1.807) is 0 Å². The summed E-state index contributed by atoms with van der Waals surface area (Å²) in [6.45, 7) is 12.5. The van der Waals surface area contributed by atoms with Crippen molar-refractivity contribution in [1.29, 1.82) is 0 Å². The molecule has 2 atom stereocenters. The molecule has 1 heterocycles. The maximum atomic E-state index is 6.31. The number of nitrogens with zero attached hydrogens (tertiary/aromatic N) is 2. The SMILES string of the molecule is CCN1CCN(CCC(N)c2ccc(C)cc2)CC1C. The molecule has 20 heavy (non-hydrogen) atoms. The number of nitrogens with two attached hydrogens (primary N) is 1. The zero-order valence-corrected chi connectivity index (χ0v) is 13.2. The van der Waals surface area contributed by atoms with Crippen molar-refractivity contribution < 1.29 is 0 Å². The van der Waals surface area contributed by atoms with E-state index >= 15 is 0 Å². The number of likely N-dealkylation sites (N-methyl/N-ethyl adjacent to an activating group) is 1. The van der Waals surface area contributed by atoms with Gasteiger partial charge in [-0.2, -0.15) is 0 Å². The molecule has 2 unspecified atom stereocenters. The van der Waals surface area contributed by atoms with E-state index in [0.717, 1.165) is 19.5 Å². The molecule has 112 valence electrons. The van der Waals surface area contributed by atoms with Crippen LogP contribution in [0.25, 0.3) is 0 Å². The Morgan fingerprint density at radius 3 is 2.55 bits per heavy atom. The average Bonchev–Trinajstić information content (AvgIpc) is 2.45. The second kappa shape index (κ2) is 7.21. The molecular weight excluding hydrogens is 246 g/mol. The summed E-state index contributed by atoms with van der Waals surface area (Å²) < 4.78 is 0. The molecule has 3 nitrogen and oxygen atoms in total. The molecule has 2 N–H and O–H groups in total. The van der Waals surface area contributed by atoms with Gasteiger partial charge in [0.25, 0.3) is 0 Å². The van der Waals surface area contributed by atoms with E-state index in [9.17, 15) is 0 Å². The Morgan fingerprint density at radius 1 is 1.25 bits per heavy atom. The second-order valence-electron chi connectivity index (χ2n) is 6.08. The van der Waals surface area contributed by atoms with Gasteiger partial charge in [0.15, 0.2) is 0 Å². The molecule has 1 fully saturated rings. The minimum absolute atomic E-state index is 0.162. The zero-order valence-electron chi connectivity index (χ0n) is 13.2. The van der Waals surface area contributed by atoms with Crippen molar-refractivity contribution in [2.24, 2.45) is 5.73 Å². The first-order chi connectivity index (χ1) is 9.60. The van der Waals surface area contributed by atoms with E-state index in [1.165, 1.54) is 30.8 Å². The molecule has 1 aromatic rings. The van der Waals surface area contributed by atoms with Crippen LogP contribution in [-0.4, -0.2) is 48.6 Å². The van der Waals surface area contributed by atoms with Gasteiger partial charge in [-0.1, -0.05) is 36.8 Å². The van der Waals surface area contributed by atoms with Gasteiger partial charge >= 0.3 is 0 Å². The fourth-order valence-corrected chi connectivity index (χ4v) is 3.05. The van der Waals surface area contributed by atoms with Gasteiger partial charge in [-0.15, -0.1) is 0 Å². The molecule has 2 rings (SSSR count). The van der Waals surface area contributed by atoms with Gasteiger partial charge < -0.3 is 10.6 Å². The summed E-state index contributed by atoms with van der Waals surface area (Å²) in [5.41, 5.74) is 8.87. The van der Waals surface area contributed by atoms with Crippen molar-refractivity contribution in [2.75, 3.05) is 32.7 Å². The molecule has 0 aliphatic carbocycles.